The van der Waals surface area contributed by atoms with Crippen LogP contribution in [0.2, 0.25) is 0 Å². The van der Waals surface area contributed by atoms with Gasteiger partial charge in [-0.3, -0.25) is 0 Å². The lowest BCUT2D eigenvalue weighted by Gasteiger charge is -2.31. The van der Waals surface area contributed by atoms with Gasteiger partial charge in [0.2, 0.25) is 0 Å². The quantitative estimate of drug-likeness (QED) is 0.799. The second-order valence-corrected chi connectivity index (χ2v) is 6.27. The first-order chi connectivity index (χ1) is 7.26. The van der Waals surface area contributed by atoms with Gasteiger partial charge in [0.1, 0.15) is 6.29 Å². The normalized spacial score (nSPS) is 26.5. The fourth-order valence-corrected chi connectivity index (χ4v) is 3.21. The minimum absolute atomic E-state index is 0.290. The van der Waals surface area contributed by atoms with E-state index in [1.807, 2.05) is 5.38 Å². The Labute approximate surface area is 102 Å². The van der Waals surface area contributed by atoms with Crippen LogP contribution in [0.1, 0.15) is 18.4 Å². The number of thiophene rings is 1. The molecule has 0 aliphatic carbocycles. The predicted octanol–water partition coefficient (Wildman–Crippen LogP) is 3.05. The summed E-state index contributed by atoms with van der Waals surface area (Å²) in [5.74, 6) is 0. The molecule has 1 aliphatic rings. The molecule has 0 saturated carbocycles. The molecular formula is C11H13BrO2S. The molecule has 2 heterocycles. The first-order valence-electron chi connectivity index (χ1n) is 5.02. The summed E-state index contributed by atoms with van der Waals surface area (Å²) in [5.41, 5.74) is 0.930. The van der Waals surface area contributed by atoms with Crippen LogP contribution in [0.25, 0.3) is 0 Å². The number of carbonyl (C=O) groups excluding carboxylic acids is 1. The third-order valence-electron chi connectivity index (χ3n) is 2.84. The van der Waals surface area contributed by atoms with Crippen LogP contribution in [0, 0.1) is 5.41 Å². The maximum absolute atomic E-state index is 11.2. The average molecular weight is 289 g/mol. The van der Waals surface area contributed by atoms with E-state index in [0.717, 1.165) is 35.9 Å². The highest BCUT2D eigenvalue weighted by atomic mass is 79.9. The molecule has 15 heavy (non-hydrogen) atoms. The molecule has 0 N–H and O–H groups in total. The first kappa shape index (κ1) is 11.3. The summed E-state index contributed by atoms with van der Waals surface area (Å²) in [6.07, 6.45) is 3.80. The van der Waals surface area contributed by atoms with Crippen LogP contribution in [0.5, 0.6) is 0 Å². The highest BCUT2D eigenvalue weighted by molar-refractivity contribution is 9.11. The van der Waals surface area contributed by atoms with E-state index >= 15 is 0 Å². The van der Waals surface area contributed by atoms with Crippen molar-refractivity contribution in [3.05, 3.63) is 20.8 Å². The van der Waals surface area contributed by atoms with E-state index in [-0.39, 0.29) is 5.41 Å². The number of hydrogen-bond donors (Lipinski definition) is 0. The summed E-state index contributed by atoms with van der Waals surface area (Å²) < 4.78 is 6.56. The van der Waals surface area contributed by atoms with Gasteiger partial charge in [0.05, 0.1) is 15.8 Å². The van der Waals surface area contributed by atoms with Gasteiger partial charge in [-0.05, 0) is 52.2 Å². The van der Waals surface area contributed by atoms with Gasteiger partial charge in [-0.2, -0.15) is 0 Å². The molecule has 0 amide bonds. The van der Waals surface area contributed by atoms with Gasteiger partial charge in [-0.25, -0.2) is 0 Å². The van der Waals surface area contributed by atoms with Gasteiger partial charge in [0.15, 0.2) is 0 Å². The summed E-state index contributed by atoms with van der Waals surface area (Å²) in [5, 5.41) is 2.04. The van der Waals surface area contributed by atoms with E-state index in [1.165, 1.54) is 5.56 Å². The van der Waals surface area contributed by atoms with Gasteiger partial charge in [-0.15, -0.1) is 11.3 Å². The maximum atomic E-state index is 11.2. The van der Waals surface area contributed by atoms with Gasteiger partial charge >= 0.3 is 0 Å². The SMILES string of the molecule is O=CC1(Cc2ccsc2Br)CCCOC1. The second kappa shape index (κ2) is 4.76. The van der Waals surface area contributed by atoms with Crippen molar-refractivity contribution in [3.63, 3.8) is 0 Å². The number of rotatable bonds is 3. The van der Waals surface area contributed by atoms with Crippen molar-refractivity contribution in [3.8, 4) is 0 Å². The van der Waals surface area contributed by atoms with Crippen LogP contribution < -0.4 is 0 Å². The standard InChI is InChI=1S/C11H13BrO2S/c12-10-9(2-5-15-10)6-11(7-13)3-1-4-14-8-11/h2,5,7H,1,3-4,6,8H2. The van der Waals surface area contributed by atoms with Crippen molar-refractivity contribution in [2.75, 3.05) is 13.2 Å². The number of ether oxygens (including phenoxy) is 1. The van der Waals surface area contributed by atoms with Crippen LogP contribution in [0.3, 0.4) is 0 Å². The smallest absolute Gasteiger partial charge is 0.128 e. The summed E-state index contributed by atoms with van der Waals surface area (Å²) in [6.45, 7) is 1.36. The highest BCUT2D eigenvalue weighted by Gasteiger charge is 2.33. The zero-order chi connectivity index (χ0) is 10.7. The number of halogens is 1. The molecule has 1 saturated heterocycles. The zero-order valence-corrected chi connectivity index (χ0v) is 10.8. The Morgan fingerprint density at radius 3 is 3.07 bits per heavy atom. The third kappa shape index (κ3) is 2.49. The van der Waals surface area contributed by atoms with Crippen molar-refractivity contribution < 1.29 is 9.53 Å². The van der Waals surface area contributed by atoms with Crippen molar-refractivity contribution in [1.82, 2.24) is 0 Å². The summed E-state index contributed by atoms with van der Waals surface area (Å²) in [6, 6.07) is 2.08. The number of aldehydes is 1. The van der Waals surface area contributed by atoms with Gasteiger partial charge in [0.25, 0.3) is 0 Å². The van der Waals surface area contributed by atoms with Crippen LogP contribution in [0.15, 0.2) is 15.2 Å². The van der Waals surface area contributed by atoms with Crippen molar-refractivity contribution in [1.29, 1.82) is 0 Å². The van der Waals surface area contributed by atoms with E-state index < -0.39 is 0 Å². The molecule has 0 spiro atoms. The highest BCUT2D eigenvalue weighted by Crippen LogP contribution is 2.34. The Bertz CT molecular complexity index is 342. The summed E-state index contributed by atoms with van der Waals surface area (Å²) in [7, 11) is 0. The average Bonchev–Trinajstić information content (AvgIpc) is 2.66. The largest absolute Gasteiger partial charge is 0.380 e. The molecule has 2 nitrogen and oxygen atoms in total. The van der Waals surface area contributed by atoms with Gasteiger partial charge < -0.3 is 9.53 Å². The maximum Gasteiger partial charge on any atom is 0.128 e. The second-order valence-electron chi connectivity index (χ2n) is 4.03. The molecule has 0 radical (unpaired) electrons. The van der Waals surface area contributed by atoms with E-state index in [1.54, 1.807) is 11.3 Å². The lowest BCUT2D eigenvalue weighted by molar-refractivity contribution is -0.123. The molecule has 0 bridgehead atoms. The monoisotopic (exact) mass is 288 g/mol. The Hall–Kier alpha value is -0.190. The molecule has 2 rings (SSSR count). The lowest BCUT2D eigenvalue weighted by atomic mass is 9.79. The molecule has 0 aromatic carbocycles. The van der Waals surface area contributed by atoms with Crippen LogP contribution in [0.4, 0.5) is 0 Å². The van der Waals surface area contributed by atoms with E-state index in [4.69, 9.17) is 4.74 Å². The van der Waals surface area contributed by atoms with E-state index in [2.05, 4.69) is 22.0 Å². The molecule has 1 unspecified atom stereocenters. The molecule has 1 aromatic rings. The van der Waals surface area contributed by atoms with Crippen molar-refractivity contribution in [2.45, 2.75) is 19.3 Å². The minimum Gasteiger partial charge on any atom is -0.380 e. The third-order valence-corrected chi connectivity index (χ3v) is 4.65. The topological polar surface area (TPSA) is 26.3 Å². The zero-order valence-electron chi connectivity index (χ0n) is 8.37. The Morgan fingerprint density at radius 1 is 1.67 bits per heavy atom. The molecule has 1 fully saturated rings. The van der Waals surface area contributed by atoms with E-state index in [0.29, 0.717) is 6.61 Å². The molecule has 1 aliphatic heterocycles. The van der Waals surface area contributed by atoms with Gasteiger partial charge in [-0.1, -0.05) is 0 Å². The molecular weight excluding hydrogens is 276 g/mol. The molecule has 1 atom stereocenters. The summed E-state index contributed by atoms with van der Waals surface area (Å²) >= 11 is 5.17. The Balaban J connectivity index is 2.13. The minimum atomic E-state index is -0.290. The summed E-state index contributed by atoms with van der Waals surface area (Å²) in [4.78, 5) is 11.2. The molecule has 1 aromatic heterocycles. The fraction of sp³-hybridized carbons (Fsp3) is 0.545. The molecule has 4 heteroatoms. The van der Waals surface area contributed by atoms with Gasteiger partial charge in [0, 0.05) is 6.61 Å². The van der Waals surface area contributed by atoms with E-state index in [9.17, 15) is 4.79 Å². The van der Waals surface area contributed by atoms with Crippen LogP contribution >= 0.6 is 27.3 Å². The first-order valence-corrected chi connectivity index (χ1v) is 6.69. The Morgan fingerprint density at radius 2 is 2.53 bits per heavy atom. The predicted molar refractivity (Wildman–Crippen MR) is 64.3 cm³/mol. The number of hydrogen-bond acceptors (Lipinski definition) is 3. The molecule has 82 valence electrons. The van der Waals surface area contributed by atoms with Crippen LogP contribution in [-0.2, 0) is 16.0 Å². The van der Waals surface area contributed by atoms with Crippen molar-refractivity contribution >= 4 is 33.6 Å². The van der Waals surface area contributed by atoms with Crippen LogP contribution in [-0.4, -0.2) is 19.5 Å². The van der Waals surface area contributed by atoms with Crippen molar-refractivity contribution in [2.24, 2.45) is 5.41 Å². The fourth-order valence-electron chi connectivity index (χ4n) is 1.97. The lowest BCUT2D eigenvalue weighted by Crippen LogP contribution is -2.35. The number of carbonyl (C=O) groups is 1. The Kier molecular flexibility index (Phi) is 3.59.